The highest BCUT2D eigenvalue weighted by Crippen LogP contribution is 2.41. The smallest absolute Gasteiger partial charge is 0.160 e. The minimum absolute atomic E-state index is 0.694. The molecule has 0 spiro atoms. The minimum atomic E-state index is 0.694. The molecule has 0 aliphatic heterocycles. The average molecular weight is 553 g/mol. The fourth-order valence-corrected chi connectivity index (χ4v) is 5.53. The molecular weight excluding hydrogens is 532 g/mol. The molecule has 0 amide bonds. The van der Waals surface area contributed by atoms with Gasteiger partial charge in [-0.2, -0.15) is 0 Å². The van der Waals surface area contributed by atoms with Crippen LogP contribution in [0.4, 0.5) is 0 Å². The maximum absolute atomic E-state index is 6.40. The topological polar surface area (TPSA) is 38.9 Å². The molecule has 3 nitrogen and oxygen atoms in total. The van der Waals surface area contributed by atoms with Crippen LogP contribution < -0.4 is 0 Å². The summed E-state index contributed by atoms with van der Waals surface area (Å²) in [5, 5.41) is 2.09. The van der Waals surface area contributed by atoms with Gasteiger partial charge in [0.15, 0.2) is 5.82 Å². The number of hydrogen-bond donors (Lipinski definition) is 0. The third-order valence-corrected chi connectivity index (χ3v) is 7.43. The van der Waals surface area contributed by atoms with E-state index in [2.05, 4.69) is 64.5 Å². The molecule has 7 aromatic rings. The number of halogens is 1. The van der Waals surface area contributed by atoms with Crippen molar-refractivity contribution >= 4 is 37.9 Å². The van der Waals surface area contributed by atoms with Crippen LogP contribution in [0.3, 0.4) is 0 Å². The molecule has 0 radical (unpaired) electrons. The second-order valence-corrected chi connectivity index (χ2v) is 10.0. The van der Waals surface area contributed by atoms with Crippen molar-refractivity contribution in [2.75, 3.05) is 0 Å². The Labute approximate surface area is 228 Å². The van der Waals surface area contributed by atoms with Crippen LogP contribution >= 0.6 is 15.9 Å². The van der Waals surface area contributed by atoms with E-state index in [4.69, 9.17) is 14.4 Å². The molecule has 0 aliphatic rings. The molecule has 2 aromatic heterocycles. The zero-order valence-corrected chi connectivity index (χ0v) is 21.9. The molecule has 0 atom stereocenters. The normalized spacial score (nSPS) is 11.3. The molecule has 7 rings (SSSR count). The Balaban J connectivity index is 1.48. The Kier molecular flexibility index (Phi) is 5.60. The Morgan fingerprint density at radius 3 is 1.84 bits per heavy atom. The summed E-state index contributed by atoms with van der Waals surface area (Å²) in [6.45, 7) is 0. The van der Waals surface area contributed by atoms with Crippen molar-refractivity contribution < 1.29 is 4.42 Å². The fourth-order valence-electron chi connectivity index (χ4n) is 4.96. The van der Waals surface area contributed by atoms with Crippen LogP contribution in [0, 0.1) is 0 Å². The van der Waals surface area contributed by atoms with Crippen molar-refractivity contribution in [3.8, 4) is 45.0 Å². The van der Waals surface area contributed by atoms with Crippen molar-refractivity contribution in [1.82, 2.24) is 9.97 Å². The highest BCUT2D eigenvalue weighted by Gasteiger charge is 2.18. The maximum atomic E-state index is 6.40. The van der Waals surface area contributed by atoms with Crippen molar-refractivity contribution in [2.45, 2.75) is 0 Å². The lowest BCUT2D eigenvalue weighted by Crippen LogP contribution is -1.96. The summed E-state index contributed by atoms with van der Waals surface area (Å²) in [6, 6.07) is 43.2. The van der Waals surface area contributed by atoms with E-state index in [0.29, 0.717) is 5.82 Å². The van der Waals surface area contributed by atoms with Gasteiger partial charge in [-0.1, -0.05) is 119 Å². The molecular formula is C34H21BrN2O. The summed E-state index contributed by atoms with van der Waals surface area (Å²) >= 11 is 3.82. The zero-order valence-electron chi connectivity index (χ0n) is 20.3. The second kappa shape index (κ2) is 9.40. The van der Waals surface area contributed by atoms with Gasteiger partial charge in [-0.15, -0.1) is 0 Å². The number of fused-ring (bicyclic) bond motifs is 3. The largest absolute Gasteiger partial charge is 0.456 e. The van der Waals surface area contributed by atoms with Crippen molar-refractivity contribution in [2.24, 2.45) is 0 Å². The van der Waals surface area contributed by atoms with E-state index in [9.17, 15) is 0 Å². The lowest BCUT2D eigenvalue weighted by Gasteiger charge is -2.10. The third kappa shape index (κ3) is 4.00. The van der Waals surface area contributed by atoms with Gasteiger partial charge >= 0.3 is 0 Å². The Morgan fingerprint density at radius 1 is 0.500 bits per heavy atom. The Hall–Kier alpha value is -4.54. The standard InChI is InChI=1S/C34H21BrN2O/c35-28-19-27-32(20-26(28)22-11-4-1-5-12-22)38-31-18-10-17-25(33(27)31)30-21-29(23-13-6-2-7-14-23)36-34(37-30)24-15-8-3-9-16-24/h1-21H. The SMILES string of the molecule is Brc1cc2c(cc1-c1ccccc1)oc1cccc(-c3cc(-c4ccccc4)nc(-c4ccccc4)n3)c12. The quantitative estimate of drug-likeness (QED) is 0.218. The van der Waals surface area contributed by atoms with E-state index in [1.807, 2.05) is 78.9 Å². The highest BCUT2D eigenvalue weighted by atomic mass is 79.9. The first-order valence-corrected chi connectivity index (χ1v) is 13.2. The first-order valence-electron chi connectivity index (χ1n) is 12.4. The average Bonchev–Trinajstić information content (AvgIpc) is 3.35. The van der Waals surface area contributed by atoms with Gasteiger partial charge < -0.3 is 4.42 Å². The van der Waals surface area contributed by atoms with Gasteiger partial charge in [0.25, 0.3) is 0 Å². The number of aromatic nitrogens is 2. The molecule has 0 N–H and O–H groups in total. The van der Waals surface area contributed by atoms with Gasteiger partial charge in [-0.25, -0.2) is 9.97 Å². The fraction of sp³-hybridized carbons (Fsp3) is 0. The van der Waals surface area contributed by atoms with Gasteiger partial charge in [-0.05, 0) is 35.4 Å². The van der Waals surface area contributed by atoms with Crippen molar-refractivity contribution in [1.29, 1.82) is 0 Å². The summed E-state index contributed by atoms with van der Waals surface area (Å²) in [7, 11) is 0. The van der Waals surface area contributed by atoms with E-state index < -0.39 is 0 Å². The lowest BCUT2D eigenvalue weighted by atomic mass is 9.99. The number of hydrogen-bond acceptors (Lipinski definition) is 3. The number of rotatable bonds is 4. The van der Waals surface area contributed by atoms with Crippen LogP contribution in [0.2, 0.25) is 0 Å². The monoisotopic (exact) mass is 552 g/mol. The molecule has 0 aliphatic carbocycles. The molecule has 5 aromatic carbocycles. The summed E-state index contributed by atoms with van der Waals surface area (Å²) in [6.07, 6.45) is 0. The highest BCUT2D eigenvalue weighted by molar-refractivity contribution is 9.10. The molecule has 38 heavy (non-hydrogen) atoms. The Morgan fingerprint density at radius 2 is 1.13 bits per heavy atom. The maximum Gasteiger partial charge on any atom is 0.160 e. The zero-order chi connectivity index (χ0) is 25.5. The Bertz CT molecular complexity index is 1860. The summed E-state index contributed by atoms with van der Waals surface area (Å²) in [5.41, 5.74) is 8.68. The summed E-state index contributed by atoms with van der Waals surface area (Å²) in [5.74, 6) is 0.694. The first-order chi connectivity index (χ1) is 18.7. The molecule has 0 fully saturated rings. The molecule has 2 heterocycles. The van der Waals surface area contributed by atoms with Gasteiger partial charge in [0.1, 0.15) is 11.2 Å². The second-order valence-electron chi connectivity index (χ2n) is 9.17. The van der Waals surface area contributed by atoms with Crippen LogP contribution in [-0.2, 0) is 0 Å². The number of benzene rings is 5. The van der Waals surface area contributed by atoms with Gasteiger partial charge in [0, 0.05) is 31.9 Å². The summed E-state index contributed by atoms with van der Waals surface area (Å²) in [4.78, 5) is 10.0. The van der Waals surface area contributed by atoms with Crippen LogP contribution in [-0.4, -0.2) is 9.97 Å². The molecule has 180 valence electrons. The van der Waals surface area contributed by atoms with E-state index in [1.165, 1.54) is 0 Å². The molecule has 4 heteroatoms. The molecule has 0 saturated heterocycles. The van der Waals surface area contributed by atoms with Crippen molar-refractivity contribution in [3.05, 3.63) is 132 Å². The predicted molar refractivity (Wildman–Crippen MR) is 159 cm³/mol. The van der Waals surface area contributed by atoms with Crippen LogP contribution in [0.5, 0.6) is 0 Å². The van der Waals surface area contributed by atoms with Gasteiger partial charge in [0.05, 0.1) is 11.4 Å². The minimum Gasteiger partial charge on any atom is -0.456 e. The van der Waals surface area contributed by atoms with Crippen LogP contribution in [0.25, 0.3) is 67.0 Å². The molecule has 0 saturated carbocycles. The van der Waals surface area contributed by atoms with Crippen LogP contribution in [0.15, 0.2) is 136 Å². The predicted octanol–water partition coefficient (Wildman–Crippen LogP) is 9.81. The number of nitrogens with zero attached hydrogens (tertiary/aromatic N) is 2. The molecule has 0 unspecified atom stereocenters. The third-order valence-electron chi connectivity index (χ3n) is 6.77. The van der Waals surface area contributed by atoms with E-state index >= 15 is 0 Å². The van der Waals surface area contributed by atoms with E-state index in [-0.39, 0.29) is 0 Å². The van der Waals surface area contributed by atoms with Gasteiger partial charge in [-0.3, -0.25) is 0 Å². The van der Waals surface area contributed by atoms with Crippen molar-refractivity contribution in [3.63, 3.8) is 0 Å². The van der Waals surface area contributed by atoms with E-state index in [0.717, 1.165) is 65.6 Å². The summed E-state index contributed by atoms with van der Waals surface area (Å²) < 4.78 is 7.42. The lowest BCUT2D eigenvalue weighted by molar-refractivity contribution is 0.669. The number of furan rings is 1. The van der Waals surface area contributed by atoms with E-state index in [1.54, 1.807) is 0 Å². The first kappa shape index (κ1) is 22.6. The van der Waals surface area contributed by atoms with Crippen LogP contribution in [0.1, 0.15) is 0 Å². The molecule has 0 bridgehead atoms. The van der Waals surface area contributed by atoms with Gasteiger partial charge in [0.2, 0.25) is 0 Å².